The topological polar surface area (TPSA) is 90.0 Å². The van der Waals surface area contributed by atoms with Crippen molar-refractivity contribution in [2.75, 3.05) is 13.6 Å². The van der Waals surface area contributed by atoms with Gasteiger partial charge in [-0.2, -0.15) is 0 Å². The summed E-state index contributed by atoms with van der Waals surface area (Å²) < 4.78 is 0. The van der Waals surface area contributed by atoms with E-state index in [4.69, 9.17) is 32.7 Å². The highest BCUT2D eigenvalue weighted by molar-refractivity contribution is 6.30. The van der Waals surface area contributed by atoms with E-state index in [-0.39, 0.29) is 0 Å². The fourth-order valence-corrected chi connectivity index (χ4v) is 3.62. The fraction of sp³-hybridized carbons (Fsp3) is 0.400. The van der Waals surface area contributed by atoms with Gasteiger partial charge in [0.15, 0.2) is 0 Å². The molecular weight excluding hydrogens is 352 g/mol. The third-order valence-electron chi connectivity index (χ3n) is 4.88. The quantitative estimate of drug-likeness (QED) is 0.613. The monoisotopic (exact) mass is 378 g/mol. The van der Waals surface area contributed by atoms with Crippen molar-refractivity contribution < 1.29 is 15.3 Å². The lowest BCUT2D eigenvalue weighted by atomic mass is 9.78. The van der Waals surface area contributed by atoms with Crippen LogP contribution in [0.2, 0.25) is 5.02 Å². The number of nitrogens with zero attached hydrogens (tertiary/aromatic N) is 1. The van der Waals surface area contributed by atoms with Crippen LogP contribution in [-0.4, -0.2) is 46.3 Å². The highest BCUT2D eigenvalue weighted by Crippen LogP contribution is 2.35. The average Bonchev–Trinajstić information content (AvgIpc) is 3.00. The highest BCUT2D eigenvalue weighted by Gasteiger charge is 2.35. The van der Waals surface area contributed by atoms with Crippen LogP contribution in [0.15, 0.2) is 54.6 Å². The molecule has 2 atom stereocenters. The number of hydrogen-bond donors (Lipinski definition) is 4. The molecule has 142 valence electrons. The van der Waals surface area contributed by atoms with E-state index in [1.807, 2.05) is 18.2 Å². The third-order valence-corrected chi connectivity index (χ3v) is 5.13. The summed E-state index contributed by atoms with van der Waals surface area (Å²) in [7, 11) is 2.20. The van der Waals surface area contributed by atoms with Gasteiger partial charge in [-0.15, -0.1) is 0 Å². The summed E-state index contributed by atoms with van der Waals surface area (Å²) in [6, 6.07) is 18.9. The van der Waals surface area contributed by atoms with Crippen molar-refractivity contribution in [3.63, 3.8) is 0 Å². The molecule has 0 saturated carbocycles. The van der Waals surface area contributed by atoms with Gasteiger partial charge in [-0.25, -0.2) is 0 Å². The molecular formula is C20H27ClN2O3. The Kier molecular flexibility index (Phi) is 7.58. The van der Waals surface area contributed by atoms with Crippen LogP contribution in [0.4, 0.5) is 0 Å². The van der Waals surface area contributed by atoms with Crippen LogP contribution < -0.4 is 5.73 Å². The molecule has 2 aromatic carbocycles. The van der Waals surface area contributed by atoms with Crippen LogP contribution in [0.5, 0.6) is 0 Å². The summed E-state index contributed by atoms with van der Waals surface area (Å²) in [4.78, 5) is 2.43. The first-order valence-electron chi connectivity index (χ1n) is 8.68. The van der Waals surface area contributed by atoms with Gasteiger partial charge in [-0.1, -0.05) is 54.1 Å². The maximum Gasteiger partial charge on any atom is 0.263 e. The molecule has 1 fully saturated rings. The minimum absolute atomic E-state index is 0.477. The fourth-order valence-electron chi connectivity index (χ4n) is 3.49. The van der Waals surface area contributed by atoms with Crippen molar-refractivity contribution in [2.24, 2.45) is 5.73 Å². The molecule has 2 aromatic rings. The van der Waals surface area contributed by atoms with Gasteiger partial charge in [-0.05, 0) is 56.1 Å². The molecule has 0 amide bonds. The maximum absolute atomic E-state index is 7.17. The number of likely N-dealkylation sites (tertiary alicyclic amines) is 1. The molecule has 1 saturated heterocycles. The normalized spacial score (nSPS) is 19.7. The average molecular weight is 379 g/mol. The molecule has 26 heavy (non-hydrogen) atoms. The van der Waals surface area contributed by atoms with Crippen LogP contribution in [0.25, 0.3) is 0 Å². The van der Waals surface area contributed by atoms with E-state index < -0.39 is 12.0 Å². The molecule has 2 unspecified atom stereocenters. The van der Waals surface area contributed by atoms with Crippen molar-refractivity contribution in [2.45, 2.75) is 37.3 Å². The molecule has 1 heterocycles. The van der Waals surface area contributed by atoms with Crippen molar-refractivity contribution in [3.05, 3.63) is 70.7 Å². The Labute approximate surface area is 159 Å². The summed E-state index contributed by atoms with van der Waals surface area (Å²) in [5, 5.41) is 22.2. The van der Waals surface area contributed by atoms with Crippen molar-refractivity contribution in [3.8, 4) is 0 Å². The SMILES string of the molecule is CN1CCCC1CC(N)(c1ccccc1)c1ccc(Cl)cc1.OC(O)O. The minimum atomic E-state index is -2.17. The highest BCUT2D eigenvalue weighted by atomic mass is 35.5. The largest absolute Gasteiger partial charge is 0.346 e. The first kappa shape index (κ1) is 20.8. The van der Waals surface area contributed by atoms with E-state index in [1.165, 1.54) is 12.8 Å². The molecule has 1 aliphatic rings. The lowest BCUT2D eigenvalue weighted by molar-refractivity contribution is -0.198. The Balaban J connectivity index is 0.000000552. The van der Waals surface area contributed by atoms with Gasteiger partial charge >= 0.3 is 0 Å². The number of benzene rings is 2. The lowest BCUT2D eigenvalue weighted by Gasteiger charge is -2.35. The number of aliphatic hydroxyl groups is 3. The molecule has 0 spiro atoms. The molecule has 6 heteroatoms. The molecule has 5 N–H and O–H groups in total. The molecule has 0 bridgehead atoms. The second-order valence-electron chi connectivity index (χ2n) is 6.67. The minimum Gasteiger partial charge on any atom is -0.346 e. The first-order valence-corrected chi connectivity index (χ1v) is 9.05. The Morgan fingerprint density at radius 2 is 1.62 bits per heavy atom. The van der Waals surface area contributed by atoms with Crippen molar-refractivity contribution in [1.29, 1.82) is 0 Å². The summed E-state index contributed by atoms with van der Waals surface area (Å²) >= 11 is 6.05. The van der Waals surface area contributed by atoms with Crippen LogP contribution in [-0.2, 0) is 5.54 Å². The van der Waals surface area contributed by atoms with Crippen molar-refractivity contribution in [1.82, 2.24) is 4.90 Å². The van der Waals surface area contributed by atoms with Crippen LogP contribution in [0.1, 0.15) is 30.4 Å². The third kappa shape index (κ3) is 5.51. The molecule has 3 rings (SSSR count). The molecule has 0 aromatic heterocycles. The Morgan fingerprint density at radius 3 is 2.12 bits per heavy atom. The molecule has 1 aliphatic heterocycles. The van der Waals surface area contributed by atoms with E-state index in [2.05, 4.69) is 48.3 Å². The van der Waals surface area contributed by atoms with Crippen LogP contribution in [0.3, 0.4) is 0 Å². The number of halogens is 1. The summed E-state index contributed by atoms with van der Waals surface area (Å²) in [5.41, 5.74) is 8.78. The van der Waals surface area contributed by atoms with Gasteiger partial charge in [0.2, 0.25) is 0 Å². The number of nitrogens with two attached hydrogens (primary N) is 1. The molecule has 0 aliphatic carbocycles. The predicted octanol–water partition coefficient (Wildman–Crippen LogP) is 2.27. The second kappa shape index (κ2) is 9.46. The van der Waals surface area contributed by atoms with Crippen LogP contribution >= 0.6 is 11.6 Å². The zero-order valence-electron chi connectivity index (χ0n) is 14.9. The standard InChI is InChI=1S/C19H23ClN2.CH4O3/c1-22-13-5-8-18(22)14-19(21,15-6-3-2-4-7-15)16-9-11-17(20)12-10-16;2-1(3)4/h2-4,6-7,9-12,18H,5,8,13-14,21H2,1H3;1-4H. The molecule has 5 nitrogen and oxygen atoms in total. The Morgan fingerprint density at radius 1 is 1.08 bits per heavy atom. The zero-order chi connectivity index (χ0) is 19.2. The van der Waals surface area contributed by atoms with Gasteiger partial charge in [-0.3, -0.25) is 0 Å². The van der Waals surface area contributed by atoms with Gasteiger partial charge in [0.1, 0.15) is 0 Å². The lowest BCUT2D eigenvalue weighted by Crippen LogP contribution is -2.43. The van der Waals surface area contributed by atoms with E-state index in [1.54, 1.807) is 0 Å². The predicted molar refractivity (Wildman–Crippen MR) is 104 cm³/mol. The van der Waals surface area contributed by atoms with E-state index >= 15 is 0 Å². The zero-order valence-corrected chi connectivity index (χ0v) is 15.7. The van der Waals surface area contributed by atoms with E-state index in [9.17, 15) is 0 Å². The number of aliphatic hydroxyl groups excluding tert-OH is 1. The molecule has 0 radical (unpaired) electrons. The van der Waals surface area contributed by atoms with E-state index in [0.29, 0.717) is 6.04 Å². The number of hydrogen-bond acceptors (Lipinski definition) is 5. The van der Waals surface area contributed by atoms with E-state index in [0.717, 1.165) is 29.1 Å². The smallest absolute Gasteiger partial charge is 0.263 e. The number of rotatable bonds is 4. The van der Waals surface area contributed by atoms with Gasteiger partial charge in [0, 0.05) is 11.1 Å². The first-order chi connectivity index (χ1) is 12.3. The van der Waals surface area contributed by atoms with Gasteiger partial charge in [0.05, 0.1) is 5.54 Å². The Hall–Kier alpha value is -1.47. The van der Waals surface area contributed by atoms with Gasteiger partial charge in [0.25, 0.3) is 6.48 Å². The second-order valence-corrected chi connectivity index (χ2v) is 7.11. The maximum atomic E-state index is 7.17. The van der Waals surface area contributed by atoms with Gasteiger partial charge < -0.3 is 26.0 Å². The van der Waals surface area contributed by atoms with Crippen LogP contribution in [0, 0.1) is 0 Å². The van der Waals surface area contributed by atoms with Crippen molar-refractivity contribution >= 4 is 11.6 Å². The summed E-state index contributed by atoms with van der Waals surface area (Å²) in [6.45, 7) is -1.00. The summed E-state index contributed by atoms with van der Waals surface area (Å²) in [6.07, 6.45) is 3.40. The Bertz CT molecular complexity index is 664. The summed E-state index contributed by atoms with van der Waals surface area (Å²) in [5.74, 6) is 0.